The summed E-state index contributed by atoms with van der Waals surface area (Å²) in [7, 11) is 0. The smallest absolute Gasteiger partial charge is 0.226 e. The fraction of sp³-hybridized carbons (Fsp3) is 0.273. The molecule has 0 bridgehead atoms. The van der Waals surface area contributed by atoms with Crippen molar-refractivity contribution in [3.63, 3.8) is 0 Å². The van der Waals surface area contributed by atoms with Crippen LogP contribution in [-0.2, 0) is 13.0 Å². The summed E-state index contributed by atoms with van der Waals surface area (Å²) in [4.78, 5) is 10.9. The predicted molar refractivity (Wildman–Crippen MR) is 109 cm³/mol. The Morgan fingerprint density at radius 1 is 1.07 bits per heavy atom. The summed E-state index contributed by atoms with van der Waals surface area (Å²) in [5, 5.41) is 1.00. The molecule has 4 aromatic rings. The highest BCUT2D eigenvalue weighted by Gasteiger charge is 2.15. The molecule has 0 saturated carbocycles. The Bertz CT molecular complexity index is 1090. The van der Waals surface area contributed by atoms with Crippen LogP contribution in [0.3, 0.4) is 0 Å². The van der Waals surface area contributed by atoms with Crippen LogP contribution < -0.4 is 4.74 Å². The lowest BCUT2D eigenvalue weighted by molar-refractivity contribution is 0.260. The minimum absolute atomic E-state index is 0.347. The van der Waals surface area contributed by atoms with Crippen LogP contribution in [0.15, 0.2) is 41.1 Å². The number of hydrogen-bond acceptors (Lipinski definition) is 5. The summed E-state index contributed by atoms with van der Waals surface area (Å²) >= 11 is 1.67. The van der Waals surface area contributed by atoms with Gasteiger partial charge in [0.25, 0.3) is 0 Å². The lowest BCUT2D eigenvalue weighted by Gasteiger charge is -2.05. The van der Waals surface area contributed by atoms with Crippen molar-refractivity contribution in [3.8, 4) is 17.0 Å². The molecular formula is C22H22N2O2S. The van der Waals surface area contributed by atoms with Gasteiger partial charge >= 0.3 is 0 Å². The fourth-order valence-corrected chi connectivity index (χ4v) is 4.18. The Morgan fingerprint density at radius 3 is 2.59 bits per heavy atom. The van der Waals surface area contributed by atoms with Crippen LogP contribution in [0, 0.1) is 20.8 Å². The number of benzene rings is 1. The van der Waals surface area contributed by atoms with Crippen molar-refractivity contribution in [2.75, 3.05) is 0 Å². The normalized spacial score (nSPS) is 11.3. The summed E-state index contributed by atoms with van der Waals surface area (Å²) in [5.41, 5.74) is 4.73. The van der Waals surface area contributed by atoms with Gasteiger partial charge in [-0.25, -0.2) is 9.97 Å². The molecule has 0 radical (unpaired) electrons. The molecule has 0 fully saturated rings. The predicted octanol–water partition coefficient (Wildman–Crippen LogP) is 6.02. The third kappa shape index (κ3) is 3.35. The number of furan rings is 1. The summed E-state index contributed by atoms with van der Waals surface area (Å²) in [6.07, 6.45) is 2.40. The van der Waals surface area contributed by atoms with Gasteiger partial charge in [0.2, 0.25) is 5.88 Å². The maximum absolute atomic E-state index is 6.05. The quantitative estimate of drug-likeness (QED) is 0.426. The second kappa shape index (κ2) is 7.16. The van der Waals surface area contributed by atoms with E-state index in [1.54, 1.807) is 17.7 Å². The van der Waals surface area contributed by atoms with Gasteiger partial charge < -0.3 is 9.15 Å². The van der Waals surface area contributed by atoms with Crippen LogP contribution in [0.5, 0.6) is 5.88 Å². The highest BCUT2D eigenvalue weighted by Crippen LogP contribution is 2.34. The second-order valence-electron chi connectivity index (χ2n) is 6.70. The van der Waals surface area contributed by atoms with E-state index in [0.29, 0.717) is 12.5 Å². The van der Waals surface area contributed by atoms with Crippen molar-refractivity contribution in [3.05, 3.63) is 64.2 Å². The molecule has 5 heteroatoms. The molecule has 138 valence electrons. The molecule has 1 aromatic carbocycles. The maximum atomic E-state index is 6.05. The van der Waals surface area contributed by atoms with Crippen molar-refractivity contribution < 1.29 is 9.15 Å². The Labute approximate surface area is 162 Å². The van der Waals surface area contributed by atoms with E-state index in [4.69, 9.17) is 9.15 Å². The second-order valence-corrected chi connectivity index (χ2v) is 7.90. The molecule has 0 spiro atoms. The summed E-state index contributed by atoms with van der Waals surface area (Å²) in [6, 6.07) is 10.6. The lowest BCUT2D eigenvalue weighted by Crippen LogP contribution is -1.97. The first-order valence-corrected chi connectivity index (χ1v) is 9.90. The average molecular weight is 378 g/mol. The third-order valence-electron chi connectivity index (χ3n) is 4.83. The molecule has 0 saturated heterocycles. The molecule has 0 aliphatic heterocycles. The Balaban J connectivity index is 1.62. The molecule has 4 rings (SSSR count). The SMILES string of the molecule is CCc1oc(COc2ncnc3sc(C)c(C)c23)cc1-c1ccc(C)cc1. The molecule has 0 N–H and O–H groups in total. The standard InChI is InChI=1S/C22H22N2O2S/c1-5-19-18(16-8-6-13(2)7-9-16)10-17(26-19)11-25-21-20-14(3)15(4)27-22(20)24-12-23-21/h6-10,12H,5,11H2,1-4H3. The molecule has 0 aliphatic rings. The van der Waals surface area contributed by atoms with Crippen LogP contribution in [0.4, 0.5) is 0 Å². The number of rotatable bonds is 5. The van der Waals surface area contributed by atoms with Crippen molar-refractivity contribution >= 4 is 21.6 Å². The van der Waals surface area contributed by atoms with Gasteiger partial charge in [0.1, 0.15) is 29.3 Å². The maximum Gasteiger partial charge on any atom is 0.226 e. The van der Waals surface area contributed by atoms with Gasteiger partial charge in [-0.1, -0.05) is 36.8 Å². The number of hydrogen-bond donors (Lipinski definition) is 0. The number of thiophene rings is 1. The van der Waals surface area contributed by atoms with Crippen molar-refractivity contribution in [2.24, 2.45) is 0 Å². The largest absolute Gasteiger partial charge is 0.469 e. The van der Waals surface area contributed by atoms with Gasteiger partial charge in [-0.05, 0) is 38.0 Å². The number of aromatic nitrogens is 2. The molecule has 0 aliphatic carbocycles. The topological polar surface area (TPSA) is 48.2 Å². The van der Waals surface area contributed by atoms with Crippen LogP contribution in [0.1, 0.15) is 34.4 Å². The van der Waals surface area contributed by atoms with Crippen LogP contribution >= 0.6 is 11.3 Å². The lowest BCUT2D eigenvalue weighted by atomic mass is 10.0. The molecule has 4 nitrogen and oxygen atoms in total. The van der Waals surface area contributed by atoms with Gasteiger partial charge in [-0.3, -0.25) is 0 Å². The number of aryl methyl sites for hydroxylation is 4. The van der Waals surface area contributed by atoms with Gasteiger partial charge in [0, 0.05) is 16.9 Å². The minimum atomic E-state index is 0.347. The first-order valence-electron chi connectivity index (χ1n) is 9.09. The summed E-state index contributed by atoms with van der Waals surface area (Å²) in [6.45, 7) is 8.73. The van der Waals surface area contributed by atoms with E-state index in [1.165, 1.54) is 21.6 Å². The van der Waals surface area contributed by atoms with E-state index >= 15 is 0 Å². The van der Waals surface area contributed by atoms with E-state index in [-0.39, 0.29) is 0 Å². The highest BCUT2D eigenvalue weighted by atomic mass is 32.1. The first-order chi connectivity index (χ1) is 13.1. The molecule has 0 atom stereocenters. The van der Waals surface area contributed by atoms with Gasteiger partial charge in [0.15, 0.2) is 0 Å². The number of fused-ring (bicyclic) bond motifs is 1. The number of nitrogens with zero attached hydrogens (tertiary/aromatic N) is 2. The van der Waals surface area contributed by atoms with Crippen molar-refractivity contribution in [1.29, 1.82) is 0 Å². The zero-order chi connectivity index (χ0) is 19.0. The molecule has 27 heavy (non-hydrogen) atoms. The van der Waals surface area contributed by atoms with E-state index in [2.05, 4.69) is 68.0 Å². The Morgan fingerprint density at radius 2 is 1.85 bits per heavy atom. The van der Waals surface area contributed by atoms with Gasteiger partial charge in [0.05, 0.1) is 5.39 Å². The zero-order valence-corrected chi connectivity index (χ0v) is 16.8. The number of ether oxygens (including phenoxy) is 1. The van der Waals surface area contributed by atoms with E-state index in [1.807, 2.05) is 0 Å². The van der Waals surface area contributed by atoms with Crippen molar-refractivity contribution in [2.45, 2.75) is 40.7 Å². The molecule has 0 unspecified atom stereocenters. The Hall–Kier alpha value is -2.66. The summed E-state index contributed by atoms with van der Waals surface area (Å²) < 4.78 is 12.1. The Kier molecular flexibility index (Phi) is 4.70. The van der Waals surface area contributed by atoms with Gasteiger partial charge in [-0.15, -0.1) is 11.3 Å². The van der Waals surface area contributed by atoms with E-state index in [0.717, 1.165) is 33.7 Å². The van der Waals surface area contributed by atoms with Crippen LogP contribution in [-0.4, -0.2) is 9.97 Å². The zero-order valence-electron chi connectivity index (χ0n) is 16.0. The molecular weight excluding hydrogens is 356 g/mol. The van der Waals surface area contributed by atoms with Crippen LogP contribution in [0.2, 0.25) is 0 Å². The van der Waals surface area contributed by atoms with Gasteiger partial charge in [-0.2, -0.15) is 0 Å². The van der Waals surface area contributed by atoms with E-state index < -0.39 is 0 Å². The van der Waals surface area contributed by atoms with E-state index in [9.17, 15) is 0 Å². The first kappa shape index (κ1) is 17.7. The highest BCUT2D eigenvalue weighted by molar-refractivity contribution is 7.18. The third-order valence-corrected chi connectivity index (χ3v) is 5.94. The van der Waals surface area contributed by atoms with Crippen molar-refractivity contribution in [1.82, 2.24) is 9.97 Å². The summed E-state index contributed by atoms with van der Waals surface area (Å²) in [5.74, 6) is 2.40. The molecule has 0 amide bonds. The molecule has 3 heterocycles. The monoisotopic (exact) mass is 378 g/mol. The average Bonchev–Trinajstić information content (AvgIpc) is 3.22. The molecule has 3 aromatic heterocycles. The van der Waals surface area contributed by atoms with Crippen LogP contribution in [0.25, 0.3) is 21.3 Å². The fourth-order valence-electron chi connectivity index (χ4n) is 3.19. The minimum Gasteiger partial charge on any atom is -0.469 e.